The van der Waals surface area contributed by atoms with Crippen molar-refractivity contribution in [2.75, 3.05) is 11.3 Å². The molecule has 0 amide bonds. The zero-order valence-electron chi connectivity index (χ0n) is 14.9. The molecular formula is C19H21ClN2O4S. The lowest BCUT2D eigenvalue weighted by atomic mass is 10.1. The van der Waals surface area contributed by atoms with Crippen LogP contribution in [0.1, 0.15) is 41.3 Å². The fourth-order valence-corrected chi connectivity index (χ4v) is 4.58. The Morgan fingerprint density at radius 3 is 2.63 bits per heavy atom. The van der Waals surface area contributed by atoms with Crippen LogP contribution in [0.3, 0.4) is 0 Å². The van der Waals surface area contributed by atoms with Crippen LogP contribution in [0, 0.1) is 0 Å². The summed E-state index contributed by atoms with van der Waals surface area (Å²) in [7, 11) is -4.05. The van der Waals surface area contributed by atoms with Crippen molar-refractivity contribution < 1.29 is 18.3 Å². The molecule has 0 saturated carbocycles. The Hall–Kier alpha value is -2.09. The normalized spacial score (nSPS) is 14.1. The van der Waals surface area contributed by atoms with Gasteiger partial charge in [0.15, 0.2) is 0 Å². The number of carboxylic acid groups (broad SMARTS) is 1. The Bertz CT molecular complexity index is 976. The molecule has 8 heteroatoms. The first-order chi connectivity index (χ1) is 12.8. The zero-order valence-corrected chi connectivity index (χ0v) is 16.5. The molecule has 1 aliphatic heterocycles. The van der Waals surface area contributed by atoms with Crippen molar-refractivity contribution in [3.63, 3.8) is 0 Å². The quantitative estimate of drug-likeness (QED) is 0.724. The number of benzene rings is 2. The summed E-state index contributed by atoms with van der Waals surface area (Å²) in [6.07, 6.45) is 2.26. The third-order valence-electron chi connectivity index (χ3n) is 4.54. The molecule has 2 N–H and O–H groups in total. The average Bonchev–Trinajstić information content (AvgIpc) is 3.01. The van der Waals surface area contributed by atoms with E-state index >= 15 is 0 Å². The van der Waals surface area contributed by atoms with Gasteiger partial charge in [-0.05, 0) is 54.4 Å². The van der Waals surface area contributed by atoms with Crippen LogP contribution in [-0.2, 0) is 23.1 Å². The highest BCUT2D eigenvalue weighted by Gasteiger charge is 2.24. The number of rotatable bonds is 7. The van der Waals surface area contributed by atoms with Gasteiger partial charge in [-0.3, -0.25) is 9.62 Å². The summed E-state index contributed by atoms with van der Waals surface area (Å²) in [6, 6.07) is 9.13. The molecule has 0 atom stereocenters. The SMILES string of the molecule is CCCCN1Cc2ccc(NS(=O)(=O)c3ccc(Cl)cc3C(=O)O)cc2C1. The second-order valence-corrected chi connectivity index (χ2v) is 8.69. The number of sulfonamides is 1. The van der Waals surface area contributed by atoms with Crippen LogP contribution in [0.2, 0.25) is 5.02 Å². The number of hydrogen-bond acceptors (Lipinski definition) is 4. The highest BCUT2D eigenvalue weighted by Crippen LogP contribution is 2.28. The Morgan fingerprint density at radius 2 is 1.93 bits per heavy atom. The first-order valence-corrected chi connectivity index (χ1v) is 10.6. The van der Waals surface area contributed by atoms with Gasteiger partial charge in [0.25, 0.3) is 10.0 Å². The van der Waals surface area contributed by atoms with Gasteiger partial charge in [-0.2, -0.15) is 0 Å². The highest BCUT2D eigenvalue weighted by atomic mass is 35.5. The first kappa shape index (κ1) is 19.7. The number of nitrogens with zero attached hydrogens (tertiary/aromatic N) is 1. The van der Waals surface area contributed by atoms with Crippen LogP contribution < -0.4 is 4.72 Å². The monoisotopic (exact) mass is 408 g/mol. The molecule has 1 aliphatic rings. The molecular weight excluding hydrogens is 388 g/mol. The van der Waals surface area contributed by atoms with Gasteiger partial charge in [0, 0.05) is 23.8 Å². The summed E-state index contributed by atoms with van der Waals surface area (Å²) in [6.45, 7) is 4.81. The minimum atomic E-state index is -4.05. The number of aromatic carboxylic acids is 1. The molecule has 0 radical (unpaired) electrons. The molecule has 0 aliphatic carbocycles. The molecule has 0 bridgehead atoms. The van der Waals surface area contributed by atoms with Gasteiger partial charge in [0.2, 0.25) is 0 Å². The third-order valence-corrected chi connectivity index (χ3v) is 6.21. The Kier molecular flexibility index (Phi) is 5.74. The molecule has 27 heavy (non-hydrogen) atoms. The van der Waals surface area contributed by atoms with Crippen molar-refractivity contribution in [3.8, 4) is 0 Å². The summed E-state index contributed by atoms with van der Waals surface area (Å²) in [4.78, 5) is 13.4. The van der Waals surface area contributed by atoms with Crippen LogP contribution in [0.4, 0.5) is 5.69 Å². The molecule has 0 fully saturated rings. The average molecular weight is 409 g/mol. The topological polar surface area (TPSA) is 86.7 Å². The fraction of sp³-hybridized carbons (Fsp3) is 0.316. The van der Waals surface area contributed by atoms with Crippen molar-refractivity contribution >= 4 is 33.3 Å². The lowest BCUT2D eigenvalue weighted by molar-refractivity contribution is 0.0692. The second-order valence-electron chi connectivity index (χ2n) is 6.60. The van der Waals surface area contributed by atoms with Crippen molar-refractivity contribution in [2.45, 2.75) is 37.8 Å². The van der Waals surface area contributed by atoms with Gasteiger partial charge < -0.3 is 5.11 Å². The van der Waals surface area contributed by atoms with Crippen LogP contribution >= 0.6 is 11.6 Å². The van der Waals surface area contributed by atoms with Crippen molar-refractivity contribution in [1.29, 1.82) is 0 Å². The van der Waals surface area contributed by atoms with E-state index in [4.69, 9.17) is 11.6 Å². The molecule has 144 valence electrons. The smallest absolute Gasteiger partial charge is 0.337 e. The summed E-state index contributed by atoms with van der Waals surface area (Å²) in [5, 5.41) is 9.45. The molecule has 2 aromatic carbocycles. The van der Waals surface area contributed by atoms with E-state index in [9.17, 15) is 18.3 Å². The van der Waals surface area contributed by atoms with Gasteiger partial charge in [0.05, 0.1) is 5.56 Å². The largest absolute Gasteiger partial charge is 0.478 e. The summed E-state index contributed by atoms with van der Waals surface area (Å²) in [5.41, 5.74) is 2.33. The predicted octanol–water partition coefficient (Wildman–Crippen LogP) is 3.95. The number of carboxylic acids is 1. The molecule has 0 aromatic heterocycles. The van der Waals surface area contributed by atoms with Crippen molar-refractivity contribution in [3.05, 3.63) is 58.1 Å². The molecule has 2 aromatic rings. The number of nitrogens with one attached hydrogen (secondary N) is 1. The first-order valence-electron chi connectivity index (χ1n) is 8.70. The van der Waals surface area contributed by atoms with Crippen molar-refractivity contribution in [2.24, 2.45) is 0 Å². The minimum Gasteiger partial charge on any atom is -0.478 e. The van der Waals surface area contributed by atoms with E-state index in [1.807, 2.05) is 12.1 Å². The number of carbonyl (C=O) groups is 1. The van der Waals surface area contributed by atoms with E-state index in [2.05, 4.69) is 16.5 Å². The number of unbranched alkanes of at least 4 members (excludes halogenated alkanes) is 1. The summed E-state index contributed by atoms with van der Waals surface area (Å²) in [5.74, 6) is -1.35. The summed E-state index contributed by atoms with van der Waals surface area (Å²) < 4.78 is 27.9. The van der Waals surface area contributed by atoms with Gasteiger partial charge >= 0.3 is 5.97 Å². The Balaban J connectivity index is 1.84. The molecule has 0 unspecified atom stereocenters. The molecule has 0 spiro atoms. The lowest BCUT2D eigenvalue weighted by Gasteiger charge is -2.13. The Labute approximate surface area is 163 Å². The number of halogens is 1. The lowest BCUT2D eigenvalue weighted by Crippen LogP contribution is -2.17. The van der Waals surface area contributed by atoms with Gasteiger partial charge in [-0.25, -0.2) is 13.2 Å². The van der Waals surface area contributed by atoms with Crippen LogP contribution in [0.15, 0.2) is 41.3 Å². The minimum absolute atomic E-state index is 0.163. The molecule has 1 heterocycles. The second kappa shape index (κ2) is 7.88. The highest BCUT2D eigenvalue weighted by molar-refractivity contribution is 7.92. The Morgan fingerprint density at radius 1 is 1.19 bits per heavy atom. The van der Waals surface area contributed by atoms with Gasteiger partial charge in [-0.1, -0.05) is 31.0 Å². The van der Waals surface area contributed by atoms with E-state index in [0.29, 0.717) is 5.69 Å². The van der Waals surface area contributed by atoms with E-state index < -0.39 is 16.0 Å². The molecule has 3 rings (SSSR count). The molecule has 6 nitrogen and oxygen atoms in total. The summed E-state index contributed by atoms with van der Waals surface area (Å²) >= 11 is 5.80. The zero-order chi connectivity index (χ0) is 19.6. The van der Waals surface area contributed by atoms with E-state index in [0.717, 1.165) is 44.1 Å². The maximum absolute atomic E-state index is 12.7. The third kappa shape index (κ3) is 4.43. The number of hydrogen-bond donors (Lipinski definition) is 2. The van der Waals surface area contributed by atoms with E-state index in [-0.39, 0.29) is 15.5 Å². The number of fused-ring (bicyclic) bond motifs is 1. The van der Waals surface area contributed by atoms with Crippen LogP contribution in [-0.4, -0.2) is 30.9 Å². The van der Waals surface area contributed by atoms with Crippen LogP contribution in [0.5, 0.6) is 0 Å². The molecule has 0 saturated heterocycles. The van der Waals surface area contributed by atoms with E-state index in [1.165, 1.54) is 17.7 Å². The maximum atomic E-state index is 12.7. The van der Waals surface area contributed by atoms with Crippen molar-refractivity contribution in [1.82, 2.24) is 4.90 Å². The predicted molar refractivity (Wildman–Crippen MR) is 105 cm³/mol. The fourth-order valence-electron chi connectivity index (χ4n) is 3.18. The number of anilines is 1. The standard InChI is InChI=1S/C19H21ClN2O4S/c1-2-3-8-22-11-13-4-6-16(9-14(13)12-22)21-27(25,26)18-7-5-15(20)10-17(18)19(23)24/h4-7,9-10,21H,2-3,8,11-12H2,1H3,(H,23,24). The van der Waals surface area contributed by atoms with Gasteiger partial charge in [0.1, 0.15) is 4.90 Å². The van der Waals surface area contributed by atoms with Gasteiger partial charge in [-0.15, -0.1) is 0 Å². The van der Waals surface area contributed by atoms with E-state index in [1.54, 1.807) is 6.07 Å². The maximum Gasteiger partial charge on any atom is 0.337 e. The van der Waals surface area contributed by atoms with Crippen LogP contribution in [0.25, 0.3) is 0 Å².